The van der Waals surface area contributed by atoms with Crippen molar-refractivity contribution in [1.82, 2.24) is 19.9 Å². The molecule has 0 spiro atoms. The number of aryl methyl sites for hydroxylation is 1. The number of nitrogens with zero attached hydrogens (tertiary/aromatic N) is 2. The van der Waals surface area contributed by atoms with Crippen molar-refractivity contribution in [3.63, 3.8) is 0 Å². The number of para-hydroxylation sites is 1. The zero-order valence-corrected chi connectivity index (χ0v) is 14.4. The summed E-state index contributed by atoms with van der Waals surface area (Å²) in [5.74, 6) is 1.37. The molecule has 1 aromatic carbocycles. The first kappa shape index (κ1) is 14.9. The van der Waals surface area contributed by atoms with E-state index in [0.717, 1.165) is 56.0 Å². The highest BCUT2D eigenvalue weighted by molar-refractivity contribution is 5.84. The van der Waals surface area contributed by atoms with E-state index in [4.69, 9.17) is 4.98 Å². The van der Waals surface area contributed by atoms with Gasteiger partial charge in [-0.05, 0) is 37.8 Å². The van der Waals surface area contributed by atoms with Gasteiger partial charge in [-0.2, -0.15) is 0 Å². The van der Waals surface area contributed by atoms with Gasteiger partial charge in [-0.25, -0.2) is 4.98 Å². The molecular weight excluding hydrogens is 312 g/mol. The third kappa shape index (κ3) is 2.59. The van der Waals surface area contributed by atoms with Crippen LogP contribution in [-0.4, -0.2) is 26.4 Å². The molecule has 0 atom stereocenters. The third-order valence-electron chi connectivity index (χ3n) is 5.54. The minimum atomic E-state index is 0.0785. The van der Waals surface area contributed by atoms with Gasteiger partial charge < -0.3 is 9.97 Å². The fourth-order valence-corrected chi connectivity index (χ4v) is 3.96. The Labute approximate surface area is 146 Å². The molecular formula is C20H22N4O. The van der Waals surface area contributed by atoms with Crippen LogP contribution in [0.1, 0.15) is 47.1 Å². The number of benzene rings is 1. The molecule has 2 N–H and O–H groups in total. The van der Waals surface area contributed by atoms with Crippen LogP contribution in [0.4, 0.5) is 0 Å². The molecule has 1 fully saturated rings. The van der Waals surface area contributed by atoms with Crippen LogP contribution in [0.2, 0.25) is 0 Å². The third-order valence-corrected chi connectivity index (χ3v) is 5.54. The summed E-state index contributed by atoms with van der Waals surface area (Å²) in [7, 11) is 0. The van der Waals surface area contributed by atoms with Crippen molar-refractivity contribution in [2.75, 3.05) is 6.54 Å². The molecule has 1 aliphatic carbocycles. The monoisotopic (exact) mass is 334 g/mol. The second-order valence-corrected chi connectivity index (χ2v) is 7.39. The number of hydrogen-bond acceptors (Lipinski definition) is 3. The SMILES string of the molecule is Cc1[nH]c2ccccc2c1CN1CCc2c(nc(C3CC3)[nH]c2=O)C1. The molecule has 3 aromatic rings. The summed E-state index contributed by atoms with van der Waals surface area (Å²) < 4.78 is 0. The summed E-state index contributed by atoms with van der Waals surface area (Å²) in [6, 6.07) is 8.46. The van der Waals surface area contributed by atoms with Crippen LogP contribution in [0.3, 0.4) is 0 Å². The Hall–Kier alpha value is -2.40. The standard InChI is InChI=1S/C20H22N4O/c1-12-16(14-4-2-3-5-17(14)21-12)10-24-9-8-15-18(11-24)22-19(13-6-7-13)23-20(15)25/h2-5,13,21H,6-11H2,1H3,(H,22,23,25). The molecule has 0 unspecified atom stereocenters. The second kappa shape index (κ2) is 5.56. The Kier molecular flexibility index (Phi) is 3.31. The van der Waals surface area contributed by atoms with Gasteiger partial charge in [0.05, 0.1) is 5.69 Å². The zero-order valence-electron chi connectivity index (χ0n) is 14.4. The highest BCUT2D eigenvalue weighted by Gasteiger charge is 2.29. The van der Waals surface area contributed by atoms with E-state index in [1.54, 1.807) is 0 Å². The van der Waals surface area contributed by atoms with Crippen LogP contribution in [0.25, 0.3) is 10.9 Å². The van der Waals surface area contributed by atoms with Crippen molar-refractivity contribution >= 4 is 10.9 Å². The molecule has 5 heteroatoms. The maximum atomic E-state index is 12.4. The Morgan fingerprint density at radius 3 is 2.92 bits per heavy atom. The highest BCUT2D eigenvalue weighted by atomic mass is 16.1. The van der Waals surface area contributed by atoms with Crippen molar-refractivity contribution in [2.45, 2.75) is 45.2 Å². The van der Waals surface area contributed by atoms with Crippen LogP contribution in [0, 0.1) is 6.92 Å². The van der Waals surface area contributed by atoms with Gasteiger partial charge in [-0.1, -0.05) is 18.2 Å². The van der Waals surface area contributed by atoms with Gasteiger partial charge >= 0.3 is 0 Å². The van der Waals surface area contributed by atoms with E-state index in [9.17, 15) is 4.79 Å². The van der Waals surface area contributed by atoms with E-state index in [2.05, 4.69) is 46.1 Å². The molecule has 0 saturated heterocycles. The summed E-state index contributed by atoms with van der Waals surface area (Å²) in [4.78, 5) is 26.0. The van der Waals surface area contributed by atoms with Crippen molar-refractivity contribution in [3.8, 4) is 0 Å². The molecule has 1 saturated carbocycles. The van der Waals surface area contributed by atoms with Crippen molar-refractivity contribution in [1.29, 1.82) is 0 Å². The number of rotatable bonds is 3. The van der Waals surface area contributed by atoms with Gasteiger partial charge in [0, 0.05) is 47.7 Å². The minimum absolute atomic E-state index is 0.0785. The smallest absolute Gasteiger partial charge is 0.254 e. The maximum Gasteiger partial charge on any atom is 0.254 e. The predicted molar refractivity (Wildman–Crippen MR) is 97.7 cm³/mol. The van der Waals surface area contributed by atoms with Gasteiger partial charge in [0.2, 0.25) is 0 Å². The predicted octanol–water partition coefficient (Wildman–Crippen LogP) is 3.00. The number of H-pyrrole nitrogens is 2. The fourth-order valence-electron chi connectivity index (χ4n) is 3.96. The van der Waals surface area contributed by atoms with Gasteiger partial charge in [0.25, 0.3) is 5.56 Å². The summed E-state index contributed by atoms with van der Waals surface area (Å²) in [5, 5.41) is 1.29. The van der Waals surface area contributed by atoms with Crippen LogP contribution in [0.15, 0.2) is 29.1 Å². The van der Waals surface area contributed by atoms with E-state index in [1.807, 2.05) is 0 Å². The van der Waals surface area contributed by atoms with E-state index in [-0.39, 0.29) is 5.56 Å². The summed E-state index contributed by atoms with van der Waals surface area (Å²) in [6.07, 6.45) is 3.09. The highest BCUT2D eigenvalue weighted by Crippen LogP contribution is 2.38. The van der Waals surface area contributed by atoms with Crippen LogP contribution < -0.4 is 5.56 Å². The van der Waals surface area contributed by atoms with Crippen molar-refractivity contribution in [3.05, 3.63) is 63.0 Å². The normalized spacial score (nSPS) is 17.8. The average Bonchev–Trinajstić information content (AvgIpc) is 3.41. The molecule has 0 bridgehead atoms. The number of aromatic amines is 2. The van der Waals surface area contributed by atoms with E-state index >= 15 is 0 Å². The first-order valence-electron chi connectivity index (χ1n) is 9.09. The quantitative estimate of drug-likeness (QED) is 0.774. The Balaban J connectivity index is 1.45. The molecule has 5 rings (SSSR count). The second-order valence-electron chi connectivity index (χ2n) is 7.39. The summed E-state index contributed by atoms with van der Waals surface area (Å²) in [5.41, 5.74) is 5.72. The molecule has 0 radical (unpaired) electrons. The number of nitrogens with one attached hydrogen (secondary N) is 2. The lowest BCUT2D eigenvalue weighted by Gasteiger charge is -2.27. The molecule has 1 aliphatic heterocycles. The molecule has 25 heavy (non-hydrogen) atoms. The minimum Gasteiger partial charge on any atom is -0.358 e. The lowest BCUT2D eigenvalue weighted by Crippen LogP contribution is -2.35. The number of aromatic nitrogens is 3. The van der Waals surface area contributed by atoms with Crippen molar-refractivity contribution < 1.29 is 0 Å². The average molecular weight is 334 g/mol. The van der Waals surface area contributed by atoms with Crippen LogP contribution in [0.5, 0.6) is 0 Å². The lowest BCUT2D eigenvalue weighted by atomic mass is 10.0. The van der Waals surface area contributed by atoms with Gasteiger partial charge in [0.1, 0.15) is 5.82 Å². The van der Waals surface area contributed by atoms with Crippen LogP contribution >= 0.6 is 0 Å². The van der Waals surface area contributed by atoms with Gasteiger partial charge in [0.15, 0.2) is 0 Å². The molecule has 0 amide bonds. The van der Waals surface area contributed by atoms with E-state index < -0.39 is 0 Å². The molecule has 3 heterocycles. The van der Waals surface area contributed by atoms with Gasteiger partial charge in [-0.15, -0.1) is 0 Å². The topological polar surface area (TPSA) is 64.8 Å². The Bertz CT molecular complexity index is 1010. The maximum absolute atomic E-state index is 12.4. The fraction of sp³-hybridized carbons (Fsp3) is 0.400. The van der Waals surface area contributed by atoms with Crippen LogP contribution in [-0.2, 0) is 19.5 Å². The van der Waals surface area contributed by atoms with Gasteiger partial charge in [-0.3, -0.25) is 9.69 Å². The Morgan fingerprint density at radius 1 is 1.24 bits per heavy atom. The molecule has 5 nitrogen and oxygen atoms in total. The number of fused-ring (bicyclic) bond motifs is 2. The molecule has 128 valence electrons. The molecule has 2 aliphatic rings. The first-order chi connectivity index (χ1) is 12.2. The first-order valence-corrected chi connectivity index (χ1v) is 9.09. The lowest BCUT2D eigenvalue weighted by molar-refractivity contribution is 0.240. The Morgan fingerprint density at radius 2 is 2.08 bits per heavy atom. The van der Waals surface area contributed by atoms with Crippen molar-refractivity contribution in [2.24, 2.45) is 0 Å². The number of hydrogen-bond donors (Lipinski definition) is 2. The summed E-state index contributed by atoms with van der Waals surface area (Å²) in [6.45, 7) is 4.70. The van der Waals surface area contributed by atoms with E-state index in [1.165, 1.54) is 22.2 Å². The summed E-state index contributed by atoms with van der Waals surface area (Å²) >= 11 is 0. The largest absolute Gasteiger partial charge is 0.358 e. The van der Waals surface area contributed by atoms with E-state index in [0.29, 0.717) is 5.92 Å². The zero-order chi connectivity index (χ0) is 17.0. The molecule has 2 aromatic heterocycles.